The third-order valence-corrected chi connectivity index (χ3v) is 3.02. The van der Waals surface area contributed by atoms with Gasteiger partial charge >= 0.3 is 0 Å². The van der Waals surface area contributed by atoms with Crippen molar-refractivity contribution in [3.8, 4) is 0 Å². The first-order valence-electron chi connectivity index (χ1n) is 6.51. The van der Waals surface area contributed by atoms with Crippen LogP contribution >= 0.6 is 0 Å². The number of nitrogens with zero attached hydrogens (tertiary/aromatic N) is 2. The van der Waals surface area contributed by atoms with Crippen LogP contribution in [0.2, 0.25) is 0 Å². The van der Waals surface area contributed by atoms with Crippen LogP contribution in [0, 0.1) is 13.8 Å². The lowest BCUT2D eigenvalue weighted by atomic mass is 10.1. The smallest absolute Gasteiger partial charge is 0.229 e. The second kappa shape index (κ2) is 6.21. The van der Waals surface area contributed by atoms with E-state index < -0.39 is 0 Å². The minimum atomic E-state index is 0.502. The Morgan fingerprint density at radius 2 is 1.95 bits per heavy atom. The summed E-state index contributed by atoms with van der Waals surface area (Å²) in [5.74, 6) is 1.23. The lowest BCUT2D eigenvalue weighted by Crippen LogP contribution is -2.14. The molecule has 1 heterocycles. The van der Waals surface area contributed by atoms with Gasteiger partial charge in [0.25, 0.3) is 0 Å². The zero-order chi connectivity index (χ0) is 14.5. The van der Waals surface area contributed by atoms with Gasteiger partial charge in [0.1, 0.15) is 5.82 Å². The number of hydrogen-bond donors (Lipinski definition) is 4. The number of aromatic nitrogens is 2. The van der Waals surface area contributed by atoms with Crippen molar-refractivity contribution in [3.05, 3.63) is 35.5 Å². The van der Waals surface area contributed by atoms with Crippen molar-refractivity contribution in [2.75, 3.05) is 29.5 Å². The molecule has 2 rings (SSSR count). The molecule has 6 nitrogen and oxygen atoms in total. The summed E-state index contributed by atoms with van der Waals surface area (Å²) >= 11 is 0. The Hall–Kier alpha value is -2.34. The molecule has 0 unspecified atom stereocenters. The Morgan fingerprint density at radius 1 is 1.20 bits per heavy atom. The van der Waals surface area contributed by atoms with Gasteiger partial charge in [0.2, 0.25) is 5.95 Å². The maximum Gasteiger partial charge on any atom is 0.229 e. The van der Waals surface area contributed by atoms with E-state index in [1.165, 1.54) is 5.56 Å². The molecule has 106 valence electrons. The van der Waals surface area contributed by atoms with Gasteiger partial charge < -0.3 is 22.1 Å². The molecule has 0 bridgehead atoms. The number of aryl methyl sites for hydroxylation is 2. The monoisotopic (exact) mass is 272 g/mol. The fraction of sp³-hybridized carbons (Fsp3) is 0.286. The first-order chi connectivity index (χ1) is 9.60. The molecule has 0 amide bonds. The highest BCUT2D eigenvalue weighted by Crippen LogP contribution is 2.25. The highest BCUT2D eigenvalue weighted by Gasteiger charge is 2.05. The third kappa shape index (κ3) is 3.36. The second-order valence-electron chi connectivity index (χ2n) is 4.63. The van der Waals surface area contributed by atoms with Crippen molar-refractivity contribution in [1.29, 1.82) is 0 Å². The molecule has 0 aliphatic carbocycles. The number of nitrogens with one attached hydrogen (secondary N) is 2. The van der Waals surface area contributed by atoms with Gasteiger partial charge in [-0.3, -0.25) is 0 Å². The molecule has 0 atom stereocenters. The molecule has 1 aromatic carbocycles. The van der Waals surface area contributed by atoms with Crippen molar-refractivity contribution < 1.29 is 0 Å². The van der Waals surface area contributed by atoms with E-state index in [0.29, 0.717) is 24.7 Å². The van der Waals surface area contributed by atoms with E-state index >= 15 is 0 Å². The maximum atomic E-state index is 6.01. The lowest BCUT2D eigenvalue weighted by Gasteiger charge is -2.11. The molecule has 2 aromatic rings. The first kappa shape index (κ1) is 14.1. The van der Waals surface area contributed by atoms with E-state index in [1.54, 1.807) is 12.3 Å². The summed E-state index contributed by atoms with van der Waals surface area (Å²) in [5.41, 5.74) is 15.3. The van der Waals surface area contributed by atoms with Gasteiger partial charge in [-0.15, -0.1) is 0 Å². The highest BCUT2D eigenvalue weighted by atomic mass is 15.1. The van der Waals surface area contributed by atoms with E-state index in [1.807, 2.05) is 26.0 Å². The Bertz CT molecular complexity index is 596. The number of nitrogens with two attached hydrogens (primary N) is 2. The molecule has 20 heavy (non-hydrogen) atoms. The minimum absolute atomic E-state index is 0.502. The average molecular weight is 272 g/mol. The summed E-state index contributed by atoms with van der Waals surface area (Å²) in [6.45, 7) is 5.29. The lowest BCUT2D eigenvalue weighted by molar-refractivity contribution is 1.01. The van der Waals surface area contributed by atoms with Gasteiger partial charge in [0.05, 0.1) is 11.4 Å². The topological polar surface area (TPSA) is 102 Å². The summed E-state index contributed by atoms with van der Waals surface area (Å²) in [4.78, 5) is 8.54. The maximum absolute atomic E-state index is 6.01. The predicted molar refractivity (Wildman–Crippen MR) is 83.2 cm³/mol. The summed E-state index contributed by atoms with van der Waals surface area (Å²) in [5, 5.41) is 6.25. The standard InChI is InChI=1S/C14H20N6/c1-9-7-11(16)12(8-10(9)2)19-14-18-5-3-13(20-14)17-6-4-15/h3,5,7-8H,4,6,15-16H2,1-2H3,(H2,17,18,19,20). The van der Waals surface area contributed by atoms with Crippen LogP contribution in [-0.2, 0) is 0 Å². The number of nitrogen functional groups attached to an aromatic ring is 1. The number of anilines is 4. The van der Waals surface area contributed by atoms with Crippen LogP contribution in [-0.4, -0.2) is 23.1 Å². The van der Waals surface area contributed by atoms with Gasteiger partial charge in [-0.1, -0.05) is 0 Å². The minimum Gasteiger partial charge on any atom is -0.397 e. The molecule has 0 aliphatic heterocycles. The molecular weight excluding hydrogens is 252 g/mol. The normalized spacial score (nSPS) is 10.3. The SMILES string of the molecule is Cc1cc(N)c(Nc2nccc(NCCN)n2)cc1C. The van der Waals surface area contributed by atoms with E-state index in [2.05, 4.69) is 20.6 Å². The second-order valence-corrected chi connectivity index (χ2v) is 4.63. The van der Waals surface area contributed by atoms with E-state index in [9.17, 15) is 0 Å². The zero-order valence-electron chi connectivity index (χ0n) is 11.8. The number of rotatable bonds is 5. The van der Waals surface area contributed by atoms with Crippen LogP contribution in [0.3, 0.4) is 0 Å². The fourth-order valence-electron chi connectivity index (χ4n) is 1.78. The quantitative estimate of drug-likeness (QED) is 0.619. The Morgan fingerprint density at radius 3 is 2.70 bits per heavy atom. The number of benzene rings is 1. The summed E-state index contributed by atoms with van der Waals surface area (Å²) in [7, 11) is 0. The number of hydrogen-bond acceptors (Lipinski definition) is 6. The van der Waals surface area contributed by atoms with E-state index in [0.717, 1.165) is 17.1 Å². The molecule has 6 heteroatoms. The summed E-state index contributed by atoms with van der Waals surface area (Å²) in [6.07, 6.45) is 1.69. The van der Waals surface area contributed by atoms with E-state index in [-0.39, 0.29) is 0 Å². The Labute approximate surface area is 118 Å². The van der Waals surface area contributed by atoms with Crippen molar-refractivity contribution in [2.24, 2.45) is 5.73 Å². The largest absolute Gasteiger partial charge is 0.397 e. The zero-order valence-corrected chi connectivity index (χ0v) is 11.8. The highest BCUT2D eigenvalue weighted by molar-refractivity contribution is 5.72. The summed E-state index contributed by atoms with van der Waals surface area (Å²) in [6, 6.07) is 5.73. The van der Waals surface area contributed by atoms with E-state index in [4.69, 9.17) is 11.5 Å². The molecule has 0 fully saturated rings. The van der Waals surface area contributed by atoms with Crippen LogP contribution in [0.1, 0.15) is 11.1 Å². The van der Waals surface area contributed by atoms with Gasteiger partial charge in [0.15, 0.2) is 0 Å². The first-order valence-corrected chi connectivity index (χ1v) is 6.51. The molecular formula is C14H20N6. The van der Waals surface area contributed by atoms with Crippen LogP contribution in [0.5, 0.6) is 0 Å². The molecule has 6 N–H and O–H groups in total. The van der Waals surface area contributed by atoms with Crippen molar-refractivity contribution in [3.63, 3.8) is 0 Å². The van der Waals surface area contributed by atoms with Crippen molar-refractivity contribution in [2.45, 2.75) is 13.8 Å². The van der Waals surface area contributed by atoms with Crippen LogP contribution in [0.15, 0.2) is 24.4 Å². The Balaban J connectivity index is 2.19. The van der Waals surface area contributed by atoms with Crippen LogP contribution < -0.4 is 22.1 Å². The molecule has 0 radical (unpaired) electrons. The van der Waals surface area contributed by atoms with Gasteiger partial charge in [-0.05, 0) is 43.2 Å². The molecule has 0 aliphatic rings. The van der Waals surface area contributed by atoms with Crippen LogP contribution in [0.25, 0.3) is 0 Å². The summed E-state index contributed by atoms with van der Waals surface area (Å²) < 4.78 is 0. The average Bonchev–Trinajstić information content (AvgIpc) is 2.43. The molecule has 0 spiro atoms. The van der Waals surface area contributed by atoms with Crippen molar-refractivity contribution in [1.82, 2.24) is 9.97 Å². The van der Waals surface area contributed by atoms with Gasteiger partial charge in [0, 0.05) is 19.3 Å². The molecule has 1 aromatic heterocycles. The van der Waals surface area contributed by atoms with Crippen molar-refractivity contribution >= 4 is 23.1 Å². The molecule has 0 saturated carbocycles. The van der Waals surface area contributed by atoms with Gasteiger partial charge in [-0.25, -0.2) is 4.98 Å². The Kier molecular flexibility index (Phi) is 4.37. The molecule has 0 saturated heterocycles. The predicted octanol–water partition coefficient (Wildman–Crippen LogP) is 1.79. The van der Waals surface area contributed by atoms with Gasteiger partial charge in [-0.2, -0.15) is 4.98 Å². The third-order valence-electron chi connectivity index (χ3n) is 3.02. The fourth-order valence-corrected chi connectivity index (χ4v) is 1.78. The van der Waals surface area contributed by atoms with Crippen LogP contribution in [0.4, 0.5) is 23.1 Å².